The molecular weight excluding hydrogens is 322 g/mol. The van der Waals surface area contributed by atoms with E-state index in [1.54, 1.807) is 0 Å². The van der Waals surface area contributed by atoms with Gasteiger partial charge < -0.3 is 5.11 Å². The van der Waals surface area contributed by atoms with Gasteiger partial charge in [0.2, 0.25) is 0 Å². The van der Waals surface area contributed by atoms with Crippen LogP contribution in [0.15, 0.2) is 30.5 Å². The summed E-state index contributed by atoms with van der Waals surface area (Å²) in [5, 5.41) is 14.5. The minimum absolute atomic E-state index is 0.119. The Bertz CT molecular complexity index is 707. The van der Waals surface area contributed by atoms with Crippen molar-refractivity contribution in [2.45, 2.75) is 63.5 Å². The molecule has 26 heavy (non-hydrogen) atoms. The third kappa shape index (κ3) is 4.02. The van der Waals surface area contributed by atoms with Crippen LogP contribution < -0.4 is 0 Å². The maximum absolute atomic E-state index is 9.72. The van der Waals surface area contributed by atoms with Gasteiger partial charge in [0.15, 0.2) is 0 Å². The highest BCUT2D eigenvalue weighted by molar-refractivity contribution is 5.63. The van der Waals surface area contributed by atoms with Crippen LogP contribution in [-0.4, -0.2) is 39.0 Å². The summed E-state index contributed by atoms with van der Waals surface area (Å²) < 4.78 is 1.93. The predicted molar refractivity (Wildman–Crippen MR) is 105 cm³/mol. The number of nitrogens with zero attached hydrogens (tertiary/aromatic N) is 3. The molecule has 1 aliphatic heterocycles. The Morgan fingerprint density at radius 1 is 1.00 bits per heavy atom. The van der Waals surface area contributed by atoms with Crippen LogP contribution >= 0.6 is 0 Å². The minimum Gasteiger partial charge on any atom is -0.393 e. The fraction of sp³-hybridized carbons (Fsp3) is 0.591. The molecule has 0 unspecified atom stereocenters. The number of likely N-dealkylation sites (tertiary alicyclic amines) is 1. The topological polar surface area (TPSA) is 41.3 Å². The summed E-state index contributed by atoms with van der Waals surface area (Å²) >= 11 is 0. The van der Waals surface area contributed by atoms with Gasteiger partial charge in [-0.05, 0) is 37.2 Å². The molecular formula is C22H31N3O. The molecule has 4 heteroatoms. The lowest BCUT2D eigenvalue weighted by atomic mass is 9.84. The van der Waals surface area contributed by atoms with Crippen LogP contribution in [0.2, 0.25) is 0 Å². The van der Waals surface area contributed by atoms with Gasteiger partial charge in [0.25, 0.3) is 0 Å². The number of piperidine rings is 1. The SMILES string of the molecule is Cn1cc(CN2CCC(O)CC2)c(-c2ccc(C3CCCCC3)cc2)n1. The molecule has 1 saturated heterocycles. The molecule has 2 heterocycles. The third-order valence-electron chi connectivity index (χ3n) is 6.12. The van der Waals surface area contributed by atoms with Crippen LogP contribution in [0.1, 0.15) is 62.0 Å². The van der Waals surface area contributed by atoms with Gasteiger partial charge in [-0.1, -0.05) is 43.5 Å². The van der Waals surface area contributed by atoms with Gasteiger partial charge in [0.05, 0.1) is 11.8 Å². The Kier molecular flexibility index (Phi) is 5.41. The molecule has 0 atom stereocenters. The van der Waals surface area contributed by atoms with E-state index in [0.717, 1.165) is 44.1 Å². The van der Waals surface area contributed by atoms with E-state index in [9.17, 15) is 5.11 Å². The van der Waals surface area contributed by atoms with Crippen LogP contribution in [-0.2, 0) is 13.6 Å². The second kappa shape index (κ2) is 7.93. The summed E-state index contributed by atoms with van der Waals surface area (Å²) in [6.45, 7) is 2.85. The van der Waals surface area contributed by atoms with Crippen LogP contribution in [0.25, 0.3) is 11.3 Å². The molecule has 2 aromatic rings. The van der Waals surface area contributed by atoms with E-state index >= 15 is 0 Å². The van der Waals surface area contributed by atoms with Crippen LogP contribution in [0.4, 0.5) is 0 Å². The largest absolute Gasteiger partial charge is 0.393 e. The van der Waals surface area contributed by atoms with E-state index < -0.39 is 0 Å². The average Bonchev–Trinajstić information content (AvgIpc) is 3.05. The molecule has 1 aliphatic carbocycles. The van der Waals surface area contributed by atoms with Gasteiger partial charge in [0.1, 0.15) is 0 Å². The molecule has 0 bridgehead atoms. The van der Waals surface area contributed by atoms with Crippen molar-refractivity contribution in [2.24, 2.45) is 7.05 Å². The molecule has 1 aromatic heterocycles. The Morgan fingerprint density at radius 3 is 2.38 bits per heavy atom. The van der Waals surface area contributed by atoms with Crippen molar-refractivity contribution in [2.75, 3.05) is 13.1 Å². The van der Waals surface area contributed by atoms with E-state index in [1.807, 2.05) is 11.7 Å². The Balaban J connectivity index is 1.50. The van der Waals surface area contributed by atoms with Gasteiger partial charge in [0, 0.05) is 44.0 Å². The second-order valence-corrected chi connectivity index (χ2v) is 8.14. The van der Waals surface area contributed by atoms with Crippen molar-refractivity contribution in [1.82, 2.24) is 14.7 Å². The molecule has 1 N–H and O–H groups in total. The molecule has 0 radical (unpaired) electrons. The maximum atomic E-state index is 9.72. The summed E-state index contributed by atoms with van der Waals surface area (Å²) in [5.74, 6) is 0.751. The van der Waals surface area contributed by atoms with Crippen molar-refractivity contribution in [3.63, 3.8) is 0 Å². The first-order chi connectivity index (χ1) is 12.7. The number of aromatic nitrogens is 2. The number of aliphatic hydroxyl groups is 1. The van der Waals surface area contributed by atoms with Crippen molar-refractivity contribution < 1.29 is 5.11 Å². The first-order valence-corrected chi connectivity index (χ1v) is 10.2. The van der Waals surface area contributed by atoms with Crippen molar-refractivity contribution >= 4 is 0 Å². The first-order valence-electron chi connectivity index (χ1n) is 10.2. The number of hydrogen-bond acceptors (Lipinski definition) is 3. The highest BCUT2D eigenvalue weighted by Gasteiger charge is 2.20. The molecule has 1 saturated carbocycles. The molecule has 4 rings (SSSR count). The standard InChI is InChI=1S/C22H31N3O/c1-24-15-20(16-25-13-11-21(26)12-14-25)22(23-24)19-9-7-18(8-10-19)17-5-3-2-4-6-17/h7-10,15,17,21,26H,2-6,11-14,16H2,1H3. The predicted octanol–water partition coefficient (Wildman–Crippen LogP) is 4.09. The second-order valence-electron chi connectivity index (χ2n) is 8.14. The van der Waals surface area contributed by atoms with Crippen LogP contribution in [0.5, 0.6) is 0 Å². The number of aryl methyl sites for hydroxylation is 1. The molecule has 0 spiro atoms. The fourth-order valence-corrected chi connectivity index (χ4v) is 4.56. The molecule has 4 nitrogen and oxygen atoms in total. The van der Waals surface area contributed by atoms with Gasteiger partial charge in [-0.3, -0.25) is 9.58 Å². The Hall–Kier alpha value is -1.65. The zero-order valence-corrected chi connectivity index (χ0v) is 15.9. The van der Waals surface area contributed by atoms with Crippen molar-refractivity contribution in [3.05, 3.63) is 41.6 Å². The highest BCUT2D eigenvalue weighted by atomic mass is 16.3. The lowest BCUT2D eigenvalue weighted by Crippen LogP contribution is -2.35. The van der Waals surface area contributed by atoms with Crippen LogP contribution in [0.3, 0.4) is 0 Å². The molecule has 0 amide bonds. The number of aliphatic hydroxyl groups excluding tert-OH is 1. The molecule has 1 aromatic carbocycles. The lowest BCUT2D eigenvalue weighted by Gasteiger charge is -2.29. The molecule has 140 valence electrons. The average molecular weight is 354 g/mol. The summed E-state index contributed by atoms with van der Waals surface area (Å²) in [7, 11) is 2.00. The summed E-state index contributed by atoms with van der Waals surface area (Å²) in [5.41, 5.74) is 5.11. The van der Waals surface area contributed by atoms with E-state index in [0.29, 0.717) is 0 Å². The lowest BCUT2D eigenvalue weighted by molar-refractivity contribution is 0.0793. The maximum Gasteiger partial charge on any atom is 0.0968 e. The summed E-state index contributed by atoms with van der Waals surface area (Å²) in [6, 6.07) is 9.16. The van der Waals surface area contributed by atoms with Gasteiger partial charge >= 0.3 is 0 Å². The molecule has 2 aliphatic rings. The number of benzene rings is 1. The first kappa shape index (κ1) is 17.7. The van der Waals surface area contributed by atoms with Crippen molar-refractivity contribution in [1.29, 1.82) is 0 Å². The Morgan fingerprint density at radius 2 is 1.69 bits per heavy atom. The van der Waals surface area contributed by atoms with Crippen LogP contribution in [0, 0.1) is 0 Å². The summed E-state index contributed by atoms with van der Waals surface area (Å²) in [4.78, 5) is 2.43. The molecule has 2 fully saturated rings. The monoisotopic (exact) mass is 353 g/mol. The number of hydrogen-bond donors (Lipinski definition) is 1. The van der Waals surface area contributed by atoms with E-state index in [2.05, 4.69) is 35.4 Å². The van der Waals surface area contributed by atoms with Gasteiger partial charge in [-0.2, -0.15) is 5.10 Å². The smallest absolute Gasteiger partial charge is 0.0968 e. The third-order valence-corrected chi connectivity index (χ3v) is 6.12. The van der Waals surface area contributed by atoms with Gasteiger partial charge in [-0.15, -0.1) is 0 Å². The Labute approximate surface area is 156 Å². The van der Waals surface area contributed by atoms with E-state index in [1.165, 1.54) is 48.8 Å². The van der Waals surface area contributed by atoms with E-state index in [-0.39, 0.29) is 6.10 Å². The zero-order valence-electron chi connectivity index (χ0n) is 15.9. The zero-order chi connectivity index (χ0) is 17.9. The number of rotatable bonds is 4. The summed E-state index contributed by atoms with van der Waals surface area (Å²) in [6.07, 6.45) is 10.6. The minimum atomic E-state index is -0.119. The highest BCUT2D eigenvalue weighted by Crippen LogP contribution is 2.34. The van der Waals surface area contributed by atoms with Gasteiger partial charge in [-0.25, -0.2) is 0 Å². The normalized spacial score (nSPS) is 20.5. The fourth-order valence-electron chi connectivity index (χ4n) is 4.56. The quantitative estimate of drug-likeness (QED) is 0.900. The van der Waals surface area contributed by atoms with Crippen molar-refractivity contribution in [3.8, 4) is 11.3 Å². The van der Waals surface area contributed by atoms with E-state index in [4.69, 9.17) is 5.10 Å².